The number of aliphatic imine (C=N–C) groups is 1. The van der Waals surface area contributed by atoms with Crippen molar-refractivity contribution in [1.82, 2.24) is 4.90 Å². The number of anilines is 1. The molecule has 0 aliphatic carbocycles. The molecule has 1 aromatic carbocycles. The van der Waals surface area contributed by atoms with Crippen LogP contribution in [0.25, 0.3) is 0 Å². The molecule has 0 saturated heterocycles. The molecule has 0 atom stereocenters. The van der Waals surface area contributed by atoms with E-state index < -0.39 is 0 Å². The molecule has 0 aliphatic heterocycles. The molecule has 0 bridgehead atoms. The van der Waals surface area contributed by atoms with E-state index in [0.29, 0.717) is 16.7 Å². The highest BCUT2D eigenvalue weighted by molar-refractivity contribution is 6.32. The zero-order valence-corrected chi connectivity index (χ0v) is 15.2. The number of nitrogens with two attached hydrogens (primary N) is 1. The Balaban J connectivity index is 2.21. The number of nitrogens with zero attached hydrogens (tertiary/aromatic N) is 2. The summed E-state index contributed by atoms with van der Waals surface area (Å²) in [6.07, 6.45) is 6.05. The van der Waals surface area contributed by atoms with Crippen LogP contribution < -0.4 is 15.8 Å². The van der Waals surface area contributed by atoms with E-state index in [1.165, 1.54) is 32.2 Å². The SMILES string of the molecule is COc1ccc(NC(N)=NCCCCCCCN(C)C)cc1Cl. The summed E-state index contributed by atoms with van der Waals surface area (Å²) in [4.78, 5) is 6.56. The average molecular weight is 341 g/mol. The number of unbranched alkanes of at least 4 members (excludes halogenated alkanes) is 4. The van der Waals surface area contributed by atoms with Crippen LogP contribution in [-0.2, 0) is 0 Å². The maximum absolute atomic E-state index is 6.07. The fraction of sp³-hybridized carbons (Fsp3) is 0.588. The van der Waals surface area contributed by atoms with Gasteiger partial charge in [-0.15, -0.1) is 0 Å². The molecular formula is C17H29ClN4O. The van der Waals surface area contributed by atoms with Crippen LogP contribution in [0.2, 0.25) is 5.02 Å². The maximum Gasteiger partial charge on any atom is 0.193 e. The van der Waals surface area contributed by atoms with Gasteiger partial charge in [0, 0.05) is 12.2 Å². The van der Waals surface area contributed by atoms with Crippen molar-refractivity contribution in [3.63, 3.8) is 0 Å². The Kier molecular flexibility index (Phi) is 9.48. The van der Waals surface area contributed by atoms with E-state index in [0.717, 1.165) is 18.7 Å². The molecule has 0 saturated carbocycles. The van der Waals surface area contributed by atoms with Gasteiger partial charge in [-0.05, 0) is 51.7 Å². The second-order valence-electron chi connectivity index (χ2n) is 5.81. The number of nitrogens with one attached hydrogen (secondary N) is 1. The van der Waals surface area contributed by atoms with Crippen molar-refractivity contribution >= 4 is 23.2 Å². The summed E-state index contributed by atoms with van der Waals surface area (Å²) in [5.41, 5.74) is 6.69. The Hall–Kier alpha value is -1.46. The van der Waals surface area contributed by atoms with Crippen LogP contribution in [0.5, 0.6) is 5.75 Å². The summed E-state index contributed by atoms with van der Waals surface area (Å²) in [5, 5.41) is 3.58. The Morgan fingerprint density at radius 2 is 1.91 bits per heavy atom. The lowest BCUT2D eigenvalue weighted by Gasteiger charge is -2.09. The van der Waals surface area contributed by atoms with E-state index in [1.54, 1.807) is 19.2 Å². The fourth-order valence-electron chi connectivity index (χ4n) is 2.20. The third kappa shape index (κ3) is 8.67. The number of hydrogen-bond donors (Lipinski definition) is 2. The highest BCUT2D eigenvalue weighted by Crippen LogP contribution is 2.26. The summed E-state index contributed by atoms with van der Waals surface area (Å²) >= 11 is 6.07. The Morgan fingerprint density at radius 3 is 2.57 bits per heavy atom. The van der Waals surface area contributed by atoms with Crippen molar-refractivity contribution in [2.24, 2.45) is 10.7 Å². The topological polar surface area (TPSA) is 62.9 Å². The quantitative estimate of drug-likeness (QED) is 0.388. The van der Waals surface area contributed by atoms with Crippen molar-refractivity contribution in [2.75, 3.05) is 39.6 Å². The number of methoxy groups -OCH3 is 1. The lowest BCUT2D eigenvalue weighted by molar-refractivity contribution is 0.390. The number of guanidine groups is 1. The molecule has 0 heterocycles. The van der Waals surface area contributed by atoms with E-state index in [-0.39, 0.29) is 0 Å². The first-order chi connectivity index (χ1) is 11.0. The minimum absolute atomic E-state index is 0.416. The van der Waals surface area contributed by atoms with E-state index in [2.05, 4.69) is 29.3 Å². The summed E-state index contributed by atoms with van der Waals surface area (Å²) in [7, 11) is 5.81. The van der Waals surface area contributed by atoms with Crippen LogP contribution >= 0.6 is 11.6 Å². The number of halogens is 1. The van der Waals surface area contributed by atoms with Crippen LogP contribution in [0.4, 0.5) is 5.69 Å². The largest absolute Gasteiger partial charge is 0.495 e. The van der Waals surface area contributed by atoms with Gasteiger partial charge >= 0.3 is 0 Å². The monoisotopic (exact) mass is 340 g/mol. The molecule has 0 radical (unpaired) electrons. The highest BCUT2D eigenvalue weighted by atomic mass is 35.5. The molecule has 1 aromatic rings. The first kappa shape index (κ1) is 19.6. The number of rotatable bonds is 10. The smallest absolute Gasteiger partial charge is 0.193 e. The molecule has 0 aliphatic rings. The summed E-state index contributed by atoms with van der Waals surface area (Å²) in [5.74, 6) is 1.06. The molecule has 6 heteroatoms. The molecule has 23 heavy (non-hydrogen) atoms. The van der Waals surface area contributed by atoms with Gasteiger partial charge < -0.3 is 20.7 Å². The first-order valence-electron chi connectivity index (χ1n) is 8.08. The zero-order valence-electron chi connectivity index (χ0n) is 14.4. The van der Waals surface area contributed by atoms with Crippen LogP contribution in [0.3, 0.4) is 0 Å². The molecule has 0 aromatic heterocycles. The van der Waals surface area contributed by atoms with Crippen molar-refractivity contribution < 1.29 is 4.74 Å². The Bertz CT molecular complexity index is 491. The van der Waals surface area contributed by atoms with Gasteiger partial charge in [0.05, 0.1) is 12.1 Å². The molecule has 1 rings (SSSR count). The third-order valence-electron chi connectivity index (χ3n) is 3.47. The second kappa shape index (κ2) is 11.1. The minimum Gasteiger partial charge on any atom is -0.495 e. The molecule has 5 nitrogen and oxygen atoms in total. The molecule has 0 fully saturated rings. The normalized spacial score (nSPS) is 11.8. The van der Waals surface area contributed by atoms with Gasteiger partial charge in [0.2, 0.25) is 0 Å². The summed E-state index contributed by atoms with van der Waals surface area (Å²) < 4.78 is 5.11. The zero-order chi connectivity index (χ0) is 17.1. The fourth-order valence-corrected chi connectivity index (χ4v) is 2.46. The number of ether oxygens (including phenoxy) is 1. The molecule has 130 valence electrons. The molecule has 0 spiro atoms. The predicted molar refractivity (Wildman–Crippen MR) is 99.8 cm³/mol. The van der Waals surface area contributed by atoms with Gasteiger partial charge in [-0.2, -0.15) is 0 Å². The predicted octanol–water partition coefficient (Wildman–Crippen LogP) is 3.59. The number of hydrogen-bond acceptors (Lipinski definition) is 3. The van der Waals surface area contributed by atoms with Gasteiger partial charge in [-0.1, -0.05) is 30.9 Å². The van der Waals surface area contributed by atoms with E-state index >= 15 is 0 Å². The van der Waals surface area contributed by atoms with Gasteiger partial charge in [-0.3, -0.25) is 4.99 Å². The van der Waals surface area contributed by atoms with Gasteiger partial charge in [-0.25, -0.2) is 0 Å². The molecule has 3 N–H and O–H groups in total. The standard InChI is InChI=1S/C17H29ClN4O/c1-22(2)12-8-6-4-5-7-11-20-17(19)21-14-9-10-16(23-3)15(18)13-14/h9-10,13H,4-8,11-12H2,1-3H3,(H3,19,20,21). The van der Waals surface area contributed by atoms with Crippen molar-refractivity contribution in [3.8, 4) is 5.75 Å². The van der Waals surface area contributed by atoms with Crippen LogP contribution in [-0.4, -0.2) is 45.2 Å². The van der Waals surface area contributed by atoms with Gasteiger partial charge in [0.25, 0.3) is 0 Å². The lowest BCUT2D eigenvalue weighted by Crippen LogP contribution is -2.22. The van der Waals surface area contributed by atoms with Crippen LogP contribution in [0, 0.1) is 0 Å². The molecule has 0 unspecified atom stereocenters. The minimum atomic E-state index is 0.416. The summed E-state index contributed by atoms with van der Waals surface area (Å²) in [6.45, 7) is 1.91. The van der Waals surface area contributed by atoms with E-state index in [1.807, 2.05) is 6.07 Å². The maximum atomic E-state index is 6.07. The third-order valence-corrected chi connectivity index (χ3v) is 3.77. The van der Waals surface area contributed by atoms with E-state index in [9.17, 15) is 0 Å². The van der Waals surface area contributed by atoms with Crippen molar-refractivity contribution in [3.05, 3.63) is 23.2 Å². The van der Waals surface area contributed by atoms with Gasteiger partial charge in [0.1, 0.15) is 5.75 Å². The summed E-state index contributed by atoms with van der Waals surface area (Å²) in [6, 6.07) is 5.43. The molecule has 0 amide bonds. The second-order valence-corrected chi connectivity index (χ2v) is 6.22. The highest BCUT2D eigenvalue weighted by Gasteiger charge is 2.02. The van der Waals surface area contributed by atoms with Gasteiger partial charge in [0.15, 0.2) is 5.96 Å². The first-order valence-corrected chi connectivity index (χ1v) is 8.46. The Morgan fingerprint density at radius 1 is 1.22 bits per heavy atom. The number of benzene rings is 1. The average Bonchev–Trinajstić information content (AvgIpc) is 2.50. The Labute approximate surface area is 144 Å². The van der Waals surface area contributed by atoms with Crippen molar-refractivity contribution in [2.45, 2.75) is 32.1 Å². The van der Waals surface area contributed by atoms with Crippen LogP contribution in [0.15, 0.2) is 23.2 Å². The van der Waals surface area contributed by atoms with E-state index in [4.69, 9.17) is 22.1 Å². The van der Waals surface area contributed by atoms with Crippen LogP contribution in [0.1, 0.15) is 32.1 Å². The van der Waals surface area contributed by atoms with Crippen molar-refractivity contribution in [1.29, 1.82) is 0 Å². The molecular weight excluding hydrogens is 312 g/mol. The lowest BCUT2D eigenvalue weighted by atomic mass is 10.1.